The Balaban J connectivity index is 1.93. The Hall–Kier alpha value is -0.740. The largest absolute Gasteiger partial charge is 0.316 e. The topological polar surface area (TPSA) is 42.0 Å². The van der Waals surface area contributed by atoms with Gasteiger partial charge < -0.3 is 5.32 Å². The minimum absolute atomic E-state index is 0.145. The zero-order chi connectivity index (χ0) is 11.5. The number of nitrogens with one attached hydrogen (secondary N) is 1. The van der Waals surface area contributed by atoms with Crippen LogP contribution in [0, 0.1) is 11.8 Å². The molecule has 1 unspecified atom stereocenters. The fourth-order valence-electron chi connectivity index (χ4n) is 1.78. The number of hydrogen-bond acceptors (Lipinski definition) is 3. The molecule has 0 aromatic carbocycles. The molecule has 2 heterocycles. The van der Waals surface area contributed by atoms with Crippen molar-refractivity contribution >= 4 is 21.7 Å². The molecule has 1 aliphatic heterocycles. The first kappa shape index (κ1) is 11.7. The van der Waals surface area contributed by atoms with Crippen molar-refractivity contribution in [3.05, 3.63) is 28.5 Å². The van der Waals surface area contributed by atoms with Crippen LogP contribution in [0.1, 0.15) is 12.6 Å². The molecule has 1 N–H and O–H groups in total. The van der Waals surface area contributed by atoms with Gasteiger partial charge in [-0.25, -0.2) is 0 Å². The third-order valence-corrected chi connectivity index (χ3v) is 3.64. The van der Waals surface area contributed by atoms with Gasteiger partial charge in [0.1, 0.15) is 5.78 Å². The molecule has 0 aliphatic carbocycles. The maximum absolute atomic E-state index is 12.0. The predicted molar refractivity (Wildman–Crippen MR) is 66.2 cm³/mol. The molecular weight excluding hydrogens is 268 g/mol. The summed E-state index contributed by atoms with van der Waals surface area (Å²) in [6.45, 7) is 3.97. The second-order valence-corrected chi connectivity index (χ2v) is 5.23. The van der Waals surface area contributed by atoms with Crippen LogP contribution in [0.5, 0.6) is 0 Å². The van der Waals surface area contributed by atoms with Crippen molar-refractivity contribution in [1.82, 2.24) is 10.3 Å². The summed E-state index contributed by atoms with van der Waals surface area (Å²) >= 11 is 3.33. The average molecular weight is 283 g/mol. The van der Waals surface area contributed by atoms with Gasteiger partial charge in [0.15, 0.2) is 0 Å². The Kier molecular flexibility index (Phi) is 3.71. The molecule has 4 heteroatoms. The Labute approximate surface area is 104 Å². The molecule has 1 atom stereocenters. The van der Waals surface area contributed by atoms with E-state index in [1.54, 1.807) is 6.20 Å². The highest BCUT2D eigenvalue weighted by Crippen LogP contribution is 2.18. The van der Waals surface area contributed by atoms with E-state index in [0.29, 0.717) is 18.1 Å². The van der Waals surface area contributed by atoms with Crippen molar-refractivity contribution in [1.29, 1.82) is 0 Å². The molecule has 1 fully saturated rings. The third-order valence-electron chi connectivity index (χ3n) is 3.17. The maximum Gasteiger partial charge on any atom is 0.142 e. The standard InChI is InChI=1S/C12H15BrN2O/c1-8(9-5-14-6-9)12(16)4-11-3-2-10(13)7-15-11/h2-3,7-9,14H,4-6H2,1H3. The summed E-state index contributed by atoms with van der Waals surface area (Å²) < 4.78 is 0.944. The first-order chi connectivity index (χ1) is 7.66. The molecule has 1 saturated heterocycles. The number of halogens is 1. The summed E-state index contributed by atoms with van der Waals surface area (Å²) in [4.78, 5) is 16.2. The Bertz CT molecular complexity index is 373. The van der Waals surface area contributed by atoms with Gasteiger partial charge >= 0.3 is 0 Å². The van der Waals surface area contributed by atoms with Crippen LogP contribution in [0.2, 0.25) is 0 Å². The van der Waals surface area contributed by atoms with Crippen molar-refractivity contribution in [2.45, 2.75) is 13.3 Å². The van der Waals surface area contributed by atoms with Crippen LogP contribution in [0.4, 0.5) is 0 Å². The number of rotatable bonds is 4. The summed E-state index contributed by atoms with van der Waals surface area (Å²) in [6.07, 6.45) is 2.18. The van der Waals surface area contributed by atoms with Gasteiger partial charge in [0.2, 0.25) is 0 Å². The minimum Gasteiger partial charge on any atom is -0.316 e. The summed E-state index contributed by atoms with van der Waals surface area (Å²) in [5.74, 6) is 0.955. The van der Waals surface area contributed by atoms with Gasteiger partial charge in [-0.15, -0.1) is 0 Å². The predicted octanol–water partition coefficient (Wildman–Crippen LogP) is 1.81. The first-order valence-electron chi connectivity index (χ1n) is 5.50. The molecular formula is C12H15BrN2O. The molecule has 0 saturated carbocycles. The van der Waals surface area contributed by atoms with E-state index in [-0.39, 0.29) is 5.92 Å². The molecule has 3 nitrogen and oxygen atoms in total. The molecule has 0 radical (unpaired) electrons. The monoisotopic (exact) mass is 282 g/mol. The van der Waals surface area contributed by atoms with Gasteiger partial charge in [0.25, 0.3) is 0 Å². The summed E-state index contributed by atoms with van der Waals surface area (Å²) in [5.41, 5.74) is 0.854. The lowest BCUT2D eigenvalue weighted by Crippen LogP contribution is -2.47. The van der Waals surface area contributed by atoms with Crippen LogP contribution in [-0.4, -0.2) is 23.9 Å². The number of hydrogen-bond donors (Lipinski definition) is 1. The maximum atomic E-state index is 12.0. The van der Waals surface area contributed by atoms with Crippen molar-refractivity contribution < 1.29 is 4.79 Å². The Morgan fingerprint density at radius 2 is 2.38 bits per heavy atom. The fraction of sp³-hybridized carbons (Fsp3) is 0.500. The second-order valence-electron chi connectivity index (χ2n) is 4.32. The van der Waals surface area contributed by atoms with E-state index in [4.69, 9.17) is 0 Å². The zero-order valence-corrected chi connectivity index (χ0v) is 10.8. The van der Waals surface area contributed by atoms with Gasteiger partial charge in [0.05, 0.1) is 0 Å². The van der Waals surface area contributed by atoms with Crippen LogP contribution in [0.15, 0.2) is 22.8 Å². The second kappa shape index (κ2) is 5.06. The third kappa shape index (κ3) is 2.68. The number of aromatic nitrogens is 1. The van der Waals surface area contributed by atoms with E-state index < -0.39 is 0 Å². The van der Waals surface area contributed by atoms with Crippen LogP contribution in [0.25, 0.3) is 0 Å². The number of carbonyl (C=O) groups excluding carboxylic acids is 1. The van der Waals surface area contributed by atoms with Crippen molar-refractivity contribution in [3.8, 4) is 0 Å². The SMILES string of the molecule is CC(C(=O)Cc1ccc(Br)cn1)C1CNC1. The van der Waals surface area contributed by atoms with Crippen molar-refractivity contribution in [3.63, 3.8) is 0 Å². The van der Waals surface area contributed by atoms with Crippen molar-refractivity contribution in [2.75, 3.05) is 13.1 Å². The van der Waals surface area contributed by atoms with Crippen molar-refractivity contribution in [2.24, 2.45) is 11.8 Å². The number of Topliss-reactive ketones (excluding diaryl/α,β-unsaturated/α-hetero) is 1. The molecule has 86 valence electrons. The van der Waals surface area contributed by atoms with E-state index in [2.05, 4.69) is 26.2 Å². The zero-order valence-electron chi connectivity index (χ0n) is 9.24. The molecule has 0 bridgehead atoms. The molecule has 1 aromatic heterocycles. The molecule has 16 heavy (non-hydrogen) atoms. The quantitative estimate of drug-likeness (QED) is 0.916. The van der Waals surface area contributed by atoms with E-state index in [0.717, 1.165) is 23.3 Å². The Morgan fingerprint density at radius 1 is 1.62 bits per heavy atom. The van der Waals surface area contributed by atoms with Gasteiger partial charge in [-0.3, -0.25) is 9.78 Å². The first-order valence-corrected chi connectivity index (χ1v) is 6.30. The number of carbonyl (C=O) groups is 1. The lowest BCUT2D eigenvalue weighted by atomic mass is 9.84. The number of pyridine rings is 1. The fourth-order valence-corrected chi connectivity index (χ4v) is 2.01. The highest BCUT2D eigenvalue weighted by Gasteiger charge is 2.28. The van der Waals surface area contributed by atoms with Gasteiger partial charge in [0, 0.05) is 28.7 Å². The summed E-state index contributed by atoms with van der Waals surface area (Å²) in [5, 5.41) is 3.19. The van der Waals surface area contributed by atoms with Crippen LogP contribution >= 0.6 is 15.9 Å². The average Bonchev–Trinajstić information content (AvgIpc) is 2.19. The lowest BCUT2D eigenvalue weighted by Gasteiger charge is -2.31. The molecule has 1 aliphatic rings. The highest BCUT2D eigenvalue weighted by molar-refractivity contribution is 9.10. The molecule has 1 aromatic rings. The molecule has 0 spiro atoms. The van der Waals surface area contributed by atoms with Gasteiger partial charge in [-0.05, 0) is 47.1 Å². The number of ketones is 1. The highest BCUT2D eigenvalue weighted by atomic mass is 79.9. The number of nitrogens with zero attached hydrogens (tertiary/aromatic N) is 1. The molecule has 0 amide bonds. The van der Waals surface area contributed by atoms with Gasteiger partial charge in [-0.2, -0.15) is 0 Å². The molecule has 2 rings (SSSR count). The Morgan fingerprint density at radius 3 is 2.88 bits per heavy atom. The van der Waals surface area contributed by atoms with Crippen LogP contribution in [-0.2, 0) is 11.2 Å². The minimum atomic E-state index is 0.145. The summed E-state index contributed by atoms with van der Waals surface area (Å²) in [6, 6.07) is 3.82. The smallest absolute Gasteiger partial charge is 0.142 e. The van der Waals surface area contributed by atoms with Gasteiger partial charge in [-0.1, -0.05) is 6.92 Å². The van der Waals surface area contributed by atoms with Crippen LogP contribution in [0.3, 0.4) is 0 Å². The van der Waals surface area contributed by atoms with E-state index in [1.807, 2.05) is 19.1 Å². The van der Waals surface area contributed by atoms with Crippen LogP contribution < -0.4 is 5.32 Å². The van der Waals surface area contributed by atoms with E-state index in [9.17, 15) is 4.79 Å². The summed E-state index contributed by atoms with van der Waals surface area (Å²) in [7, 11) is 0. The lowest BCUT2D eigenvalue weighted by molar-refractivity contribution is -0.123. The normalized spacial score (nSPS) is 17.9. The van der Waals surface area contributed by atoms with E-state index >= 15 is 0 Å². The van der Waals surface area contributed by atoms with E-state index in [1.165, 1.54) is 0 Å².